The summed E-state index contributed by atoms with van der Waals surface area (Å²) >= 11 is 0. The Morgan fingerprint density at radius 2 is 1.95 bits per heavy atom. The number of nitrogens with zero attached hydrogens (tertiary/aromatic N) is 2. The van der Waals surface area contributed by atoms with E-state index in [1.807, 2.05) is 32.0 Å². The molecule has 1 aliphatic heterocycles. The number of rotatable bonds is 3. The monoisotopic (exact) mass is 304 g/mol. The molecule has 2 rings (SSSR count). The molecule has 1 heterocycles. The van der Waals surface area contributed by atoms with Crippen molar-refractivity contribution >= 4 is 17.0 Å². The third-order valence-corrected chi connectivity index (χ3v) is 4.05. The van der Waals surface area contributed by atoms with Crippen molar-refractivity contribution in [2.75, 3.05) is 24.6 Å². The van der Waals surface area contributed by atoms with Crippen molar-refractivity contribution in [1.29, 1.82) is 0 Å². The Morgan fingerprint density at radius 3 is 2.53 bits per heavy atom. The normalized spacial score (nSPS) is 15.9. The standard InChI is InChI=1S/C12H15N2OS.C2H6.K/c13-9-11-2-1-3-12(8-11)10-14-4-6-16(15)7-5-14;1-2;/h1-3,8-9H,4-7,10H2;1-2H3;/q-1;;+1. The van der Waals surface area contributed by atoms with Crippen molar-refractivity contribution in [3.05, 3.63) is 40.8 Å². The molecule has 1 aliphatic rings. The van der Waals surface area contributed by atoms with Gasteiger partial charge in [-0.1, -0.05) is 38.1 Å². The van der Waals surface area contributed by atoms with Gasteiger partial charge < -0.3 is 5.41 Å². The summed E-state index contributed by atoms with van der Waals surface area (Å²) in [6.07, 6.45) is 1.12. The maximum absolute atomic E-state index is 11.2. The second-order valence-corrected chi connectivity index (χ2v) is 5.69. The fourth-order valence-electron chi connectivity index (χ4n) is 1.86. The molecule has 0 unspecified atom stereocenters. The van der Waals surface area contributed by atoms with E-state index in [2.05, 4.69) is 11.0 Å². The maximum atomic E-state index is 11.2. The van der Waals surface area contributed by atoms with E-state index in [1.165, 1.54) is 5.56 Å². The van der Waals surface area contributed by atoms with Crippen LogP contribution in [0.1, 0.15) is 25.0 Å². The predicted octanol–water partition coefficient (Wildman–Crippen LogP) is -0.731. The van der Waals surface area contributed by atoms with E-state index >= 15 is 0 Å². The Hall–Kier alpha value is 0.636. The fourth-order valence-corrected chi connectivity index (χ4v) is 2.99. The average Bonchev–Trinajstić information content (AvgIpc) is 2.44. The SMILES string of the molecule is CC.[K+].[N-]=Cc1cccc(CN2CCS(=O)CC2)c1. The molecule has 0 atom stereocenters. The quantitative estimate of drug-likeness (QED) is 0.546. The van der Waals surface area contributed by atoms with E-state index in [9.17, 15) is 4.21 Å². The third-order valence-electron chi connectivity index (χ3n) is 2.78. The summed E-state index contributed by atoms with van der Waals surface area (Å²) in [7, 11) is -0.613. The molecule has 19 heavy (non-hydrogen) atoms. The molecule has 0 spiro atoms. The Labute approximate surface area is 161 Å². The van der Waals surface area contributed by atoms with Crippen molar-refractivity contribution in [3.8, 4) is 0 Å². The Bertz CT molecular complexity index is 402. The average molecular weight is 305 g/mol. The number of benzene rings is 1. The molecular weight excluding hydrogens is 283 g/mol. The van der Waals surface area contributed by atoms with Gasteiger partial charge in [-0.3, -0.25) is 9.11 Å². The minimum atomic E-state index is -0.613. The van der Waals surface area contributed by atoms with Crippen LogP contribution in [0.3, 0.4) is 0 Å². The van der Waals surface area contributed by atoms with Gasteiger partial charge in [-0.25, -0.2) is 0 Å². The summed E-state index contributed by atoms with van der Waals surface area (Å²) < 4.78 is 11.2. The van der Waals surface area contributed by atoms with Crippen molar-refractivity contribution in [1.82, 2.24) is 4.90 Å². The Balaban J connectivity index is 0.00000103. The van der Waals surface area contributed by atoms with Gasteiger partial charge in [-0.05, 0) is 11.1 Å². The molecule has 1 saturated heterocycles. The molecule has 0 bridgehead atoms. The molecule has 1 aromatic carbocycles. The van der Waals surface area contributed by atoms with Gasteiger partial charge in [0.15, 0.2) is 0 Å². The maximum Gasteiger partial charge on any atom is 1.00 e. The molecule has 5 heteroatoms. The Kier molecular flexibility index (Phi) is 11.7. The van der Waals surface area contributed by atoms with Crippen molar-refractivity contribution in [3.63, 3.8) is 0 Å². The predicted molar refractivity (Wildman–Crippen MR) is 79.5 cm³/mol. The van der Waals surface area contributed by atoms with Gasteiger partial charge in [0.1, 0.15) is 0 Å². The number of hydrogen-bond donors (Lipinski definition) is 0. The van der Waals surface area contributed by atoms with Crippen LogP contribution in [0.4, 0.5) is 0 Å². The first-order valence-corrected chi connectivity index (χ1v) is 7.90. The van der Waals surface area contributed by atoms with Crippen LogP contribution in [0, 0.1) is 0 Å². The van der Waals surface area contributed by atoms with Gasteiger partial charge >= 0.3 is 51.4 Å². The minimum absolute atomic E-state index is 0. The summed E-state index contributed by atoms with van der Waals surface area (Å²) in [6.45, 7) is 6.68. The van der Waals surface area contributed by atoms with E-state index < -0.39 is 10.8 Å². The van der Waals surface area contributed by atoms with Crippen molar-refractivity contribution < 1.29 is 55.6 Å². The minimum Gasteiger partial charge on any atom is -0.810 e. The van der Waals surface area contributed by atoms with E-state index in [4.69, 9.17) is 5.41 Å². The molecule has 100 valence electrons. The van der Waals surface area contributed by atoms with Crippen LogP contribution in [0.2, 0.25) is 0 Å². The van der Waals surface area contributed by atoms with Crippen LogP contribution in [0.15, 0.2) is 24.3 Å². The molecule has 0 aromatic heterocycles. The Morgan fingerprint density at radius 1 is 1.32 bits per heavy atom. The van der Waals surface area contributed by atoms with Gasteiger partial charge in [-0.2, -0.15) is 6.21 Å². The summed E-state index contributed by atoms with van der Waals surface area (Å²) in [5, 5.41) is 8.92. The number of hydrogen-bond acceptors (Lipinski definition) is 2. The zero-order valence-electron chi connectivity index (χ0n) is 12.1. The second-order valence-electron chi connectivity index (χ2n) is 4.00. The van der Waals surface area contributed by atoms with Crippen LogP contribution < -0.4 is 51.4 Å². The molecule has 0 N–H and O–H groups in total. The summed E-state index contributed by atoms with van der Waals surface area (Å²) in [6, 6.07) is 7.85. The summed E-state index contributed by atoms with van der Waals surface area (Å²) in [4.78, 5) is 2.30. The molecule has 0 saturated carbocycles. The van der Waals surface area contributed by atoms with Gasteiger partial charge in [0.05, 0.1) is 0 Å². The van der Waals surface area contributed by atoms with E-state index in [0.29, 0.717) is 0 Å². The van der Waals surface area contributed by atoms with Crippen molar-refractivity contribution in [2.45, 2.75) is 20.4 Å². The molecule has 1 aromatic rings. The van der Waals surface area contributed by atoms with Crippen LogP contribution in [-0.2, 0) is 17.3 Å². The van der Waals surface area contributed by atoms with Crippen LogP contribution in [0.25, 0.3) is 5.41 Å². The first kappa shape index (κ1) is 19.6. The van der Waals surface area contributed by atoms with Crippen LogP contribution in [-0.4, -0.2) is 39.9 Å². The van der Waals surface area contributed by atoms with Gasteiger partial charge in [-0.15, -0.1) is 0 Å². The first-order chi connectivity index (χ1) is 8.78. The molecule has 0 radical (unpaired) electrons. The van der Waals surface area contributed by atoms with Gasteiger partial charge in [0.2, 0.25) is 0 Å². The van der Waals surface area contributed by atoms with E-state index in [-0.39, 0.29) is 51.4 Å². The first-order valence-electron chi connectivity index (χ1n) is 6.41. The van der Waals surface area contributed by atoms with Crippen LogP contribution in [0.5, 0.6) is 0 Å². The molecule has 0 aliphatic carbocycles. The molecule has 0 amide bonds. The zero-order chi connectivity index (χ0) is 13.4. The summed E-state index contributed by atoms with van der Waals surface area (Å²) in [5.74, 6) is 1.57. The smallest absolute Gasteiger partial charge is 0.810 e. The largest absolute Gasteiger partial charge is 1.00 e. The zero-order valence-corrected chi connectivity index (χ0v) is 16.1. The second kappa shape index (κ2) is 11.3. The van der Waals surface area contributed by atoms with Gasteiger partial charge in [0.25, 0.3) is 0 Å². The van der Waals surface area contributed by atoms with Gasteiger partial charge in [0, 0.05) is 41.9 Å². The fraction of sp³-hybridized carbons (Fsp3) is 0.500. The topological polar surface area (TPSA) is 42.6 Å². The molecule has 1 fully saturated rings. The van der Waals surface area contributed by atoms with Crippen molar-refractivity contribution in [2.24, 2.45) is 0 Å². The third kappa shape index (κ3) is 7.27. The molecule has 3 nitrogen and oxygen atoms in total. The van der Waals surface area contributed by atoms with Crippen LogP contribution >= 0.6 is 0 Å². The summed E-state index contributed by atoms with van der Waals surface area (Å²) in [5.41, 5.74) is 2.02. The van der Waals surface area contributed by atoms with E-state index in [0.717, 1.165) is 42.9 Å². The van der Waals surface area contributed by atoms with E-state index in [1.54, 1.807) is 0 Å². The molecular formula is C14H21KN2OS.